The summed E-state index contributed by atoms with van der Waals surface area (Å²) in [5.41, 5.74) is 5.29. The molecule has 0 bridgehead atoms. The van der Waals surface area contributed by atoms with Crippen molar-refractivity contribution >= 4 is 21.5 Å². The topological polar surface area (TPSA) is 123 Å². The van der Waals surface area contributed by atoms with E-state index in [2.05, 4.69) is 14.9 Å². The summed E-state index contributed by atoms with van der Waals surface area (Å²) in [6, 6.07) is 3.17. The molecule has 0 saturated carbocycles. The number of halogens is 1. The third-order valence-electron chi connectivity index (χ3n) is 2.57. The molecule has 1 heterocycles. The standard InChI is InChI=1S/C11H12FN5O3S/c1-17-5-10(14-6-17)21(19,20)16-9-3-2-7(12)4-8(9)11(13)15-18/h2-6,16,18H,1H3,(H2,13,15). The van der Waals surface area contributed by atoms with Crippen molar-refractivity contribution in [3.63, 3.8) is 0 Å². The molecule has 0 atom stereocenters. The van der Waals surface area contributed by atoms with Gasteiger partial charge in [-0.05, 0) is 18.2 Å². The third-order valence-corrected chi connectivity index (χ3v) is 3.82. The Morgan fingerprint density at radius 1 is 1.52 bits per heavy atom. The Morgan fingerprint density at radius 2 is 2.24 bits per heavy atom. The first-order chi connectivity index (χ1) is 9.83. The normalized spacial score (nSPS) is 12.4. The van der Waals surface area contributed by atoms with E-state index < -0.39 is 21.7 Å². The summed E-state index contributed by atoms with van der Waals surface area (Å²) in [7, 11) is -2.35. The maximum Gasteiger partial charge on any atom is 0.280 e. The molecule has 1 aromatic heterocycles. The zero-order valence-corrected chi connectivity index (χ0v) is 11.7. The second-order valence-electron chi connectivity index (χ2n) is 4.16. The molecule has 0 saturated heterocycles. The molecule has 10 heteroatoms. The molecule has 0 aliphatic carbocycles. The number of amidine groups is 1. The molecule has 0 spiro atoms. The lowest BCUT2D eigenvalue weighted by atomic mass is 10.1. The molecule has 0 unspecified atom stereocenters. The highest BCUT2D eigenvalue weighted by Gasteiger charge is 2.20. The Bertz CT molecular complexity index is 800. The Hall–Kier alpha value is -2.62. The van der Waals surface area contributed by atoms with Crippen molar-refractivity contribution in [2.45, 2.75) is 5.03 Å². The molecule has 0 aliphatic rings. The summed E-state index contributed by atoms with van der Waals surface area (Å²) in [6.45, 7) is 0. The quantitative estimate of drug-likeness (QED) is 0.327. The van der Waals surface area contributed by atoms with E-state index >= 15 is 0 Å². The highest BCUT2D eigenvalue weighted by atomic mass is 32.2. The molecular weight excluding hydrogens is 301 g/mol. The monoisotopic (exact) mass is 313 g/mol. The molecule has 8 nitrogen and oxygen atoms in total. The van der Waals surface area contributed by atoms with Gasteiger partial charge in [0.1, 0.15) is 5.82 Å². The minimum absolute atomic E-state index is 0.0302. The SMILES string of the molecule is Cn1cnc(S(=O)(=O)Nc2ccc(F)cc2/C(N)=N/O)c1. The minimum Gasteiger partial charge on any atom is -0.409 e. The van der Waals surface area contributed by atoms with Crippen LogP contribution >= 0.6 is 0 Å². The number of anilines is 1. The maximum absolute atomic E-state index is 13.2. The third kappa shape index (κ3) is 3.11. The van der Waals surface area contributed by atoms with Crippen LogP contribution < -0.4 is 10.5 Å². The number of rotatable bonds is 4. The molecule has 21 heavy (non-hydrogen) atoms. The predicted molar refractivity (Wildman–Crippen MR) is 72.9 cm³/mol. The summed E-state index contributed by atoms with van der Waals surface area (Å²) >= 11 is 0. The van der Waals surface area contributed by atoms with E-state index in [1.54, 1.807) is 7.05 Å². The maximum atomic E-state index is 13.2. The van der Waals surface area contributed by atoms with E-state index in [0.29, 0.717) is 0 Å². The van der Waals surface area contributed by atoms with Crippen LogP contribution in [-0.4, -0.2) is 29.0 Å². The van der Waals surface area contributed by atoms with Crippen LogP contribution in [0.1, 0.15) is 5.56 Å². The molecule has 0 amide bonds. The number of benzene rings is 1. The van der Waals surface area contributed by atoms with Gasteiger partial charge < -0.3 is 15.5 Å². The largest absolute Gasteiger partial charge is 0.409 e. The number of hydrogen-bond donors (Lipinski definition) is 3. The number of oxime groups is 1. The van der Waals surface area contributed by atoms with Gasteiger partial charge in [-0.25, -0.2) is 9.37 Å². The van der Waals surface area contributed by atoms with Crippen LogP contribution in [-0.2, 0) is 17.1 Å². The number of sulfonamides is 1. The second kappa shape index (κ2) is 5.40. The lowest BCUT2D eigenvalue weighted by Gasteiger charge is -2.10. The number of imidazole rings is 1. The van der Waals surface area contributed by atoms with Crippen LogP contribution in [0.2, 0.25) is 0 Å². The van der Waals surface area contributed by atoms with Gasteiger partial charge in [-0.15, -0.1) is 0 Å². The molecule has 2 rings (SSSR count). The molecule has 4 N–H and O–H groups in total. The number of aryl methyl sites for hydroxylation is 1. The smallest absolute Gasteiger partial charge is 0.280 e. The molecule has 0 fully saturated rings. The highest BCUT2D eigenvalue weighted by molar-refractivity contribution is 7.92. The van der Waals surface area contributed by atoms with Crippen molar-refractivity contribution in [3.05, 3.63) is 42.1 Å². The van der Waals surface area contributed by atoms with Crippen molar-refractivity contribution in [3.8, 4) is 0 Å². The first-order valence-electron chi connectivity index (χ1n) is 5.61. The van der Waals surface area contributed by atoms with Crippen LogP contribution in [0.4, 0.5) is 10.1 Å². The number of nitrogens with zero attached hydrogens (tertiary/aromatic N) is 3. The van der Waals surface area contributed by atoms with Gasteiger partial charge in [-0.1, -0.05) is 5.16 Å². The molecule has 1 aromatic carbocycles. The Balaban J connectivity index is 2.44. The van der Waals surface area contributed by atoms with Crippen LogP contribution in [0, 0.1) is 5.82 Å². The average molecular weight is 313 g/mol. The average Bonchev–Trinajstić information content (AvgIpc) is 2.87. The zero-order valence-electron chi connectivity index (χ0n) is 10.9. The fourth-order valence-electron chi connectivity index (χ4n) is 1.60. The zero-order chi connectivity index (χ0) is 15.6. The number of hydrogen-bond acceptors (Lipinski definition) is 5. The number of nitrogens with one attached hydrogen (secondary N) is 1. The first-order valence-corrected chi connectivity index (χ1v) is 7.10. The molecule has 2 aromatic rings. The lowest BCUT2D eigenvalue weighted by molar-refractivity contribution is 0.318. The van der Waals surface area contributed by atoms with E-state index in [4.69, 9.17) is 10.9 Å². The van der Waals surface area contributed by atoms with Crippen molar-refractivity contribution < 1.29 is 18.0 Å². The van der Waals surface area contributed by atoms with Gasteiger partial charge in [0.25, 0.3) is 10.0 Å². The Morgan fingerprint density at radius 3 is 2.81 bits per heavy atom. The Labute approximate surface area is 119 Å². The van der Waals surface area contributed by atoms with Crippen LogP contribution in [0.5, 0.6) is 0 Å². The summed E-state index contributed by atoms with van der Waals surface area (Å²) in [5.74, 6) is -1.08. The van der Waals surface area contributed by atoms with Gasteiger partial charge in [0.05, 0.1) is 12.0 Å². The predicted octanol–water partition coefficient (Wildman–Crippen LogP) is 0.454. The Kier molecular flexibility index (Phi) is 3.80. The van der Waals surface area contributed by atoms with E-state index in [0.717, 1.165) is 12.1 Å². The molecular formula is C11H12FN5O3S. The van der Waals surface area contributed by atoms with Gasteiger partial charge in [-0.3, -0.25) is 4.72 Å². The van der Waals surface area contributed by atoms with Crippen LogP contribution in [0.3, 0.4) is 0 Å². The van der Waals surface area contributed by atoms with E-state index in [-0.39, 0.29) is 16.3 Å². The minimum atomic E-state index is -3.97. The van der Waals surface area contributed by atoms with Crippen LogP contribution in [0.25, 0.3) is 0 Å². The molecule has 0 radical (unpaired) electrons. The summed E-state index contributed by atoms with van der Waals surface area (Å²) < 4.78 is 41.2. The lowest BCUT2D eigenvalue weighted by Crippen LogP contribution is -2.20. The van der Waals surface area contributed by atoms with Gasteiger partial charge in [0.2, 0.25) is 0 Å². The van der Waals surface area contributed by atoms with E-state index in [1.807, 2.05) is 0 Å². The van der Waals surface area contributed by atoms with Gasteiger partial charge in [0.15, 0.2) is 10.9 Å². The number of nitrogens with two attached hydrogens (primary N) is 1. The van der Waals surface area contributed by atoms with Crippen molar-refractivity contribution in [1.82, 2.24) is 9.55 Å². The van der Waals surface area contributed by atoms with Crippen LogP contribution in [0.15, 0.2) is 40.9 Å². The van der Waals surface area contributed by atoms with E-state index in [9.17, 15) is 12.8 Å². The number of aromatic nitrogens is 2. The summed E-state index contributed by atoms with van der Waals surface area (Å²) in [4.78, 5) is 3.72. The molecule has 0 aliphatic heterocycles. The van der Waals surface area contributed by atoms with Gasteiger partial charge in [-0.2, -0.15) is 8.42 Å². The summed E-state index contributed by atoms with van der Waals surface area (Å²) in [5, 5.41) is 11.2. The second-order valence-corrected chi connectivity index (χ2v) is 5.79. The van der Waals surface area contributed by atoms with Gasteiger partial charge >= 0.3 is 0 Å². The fourth-order valence-corrected chi connectivity index (χ4v) is 2.66. The molecule has 112 valence electrons. The van der Waals surface area contributed by atoms with Crippen molar-refractivity contribution in [1.29, 1.82) is 0 Å². The highest BCUT2D eigenvalue weighted by Crippen LogP contribution is 2.20. The first kappa shape index (κ1) is 14.8. The van der Waals surface area contributed by atoms with Crippen molar-refractivity contribution in [2.75, 3.05) is 4.72 Å². The van der Waals surface area contributed by atoms with Gasteiger partial charge in [0, 0.05) is 18.8 Å². The fraction of sp³-hybridized carbons (Fsp3) is 0.0909. The van der Waals surface area contributed by atoms with Crippen molar-refractivity contribution in [2.24, 2.45) is 17.9 Å². The van der Waals surface area contributed by atoms with E-state index in [1.165, 1.54) is 23.2 Å². The summed E-state index contributed by atoms with van der Waals surface area (Å²) in [6.07, 6.45) is 2.62.